The van der Waals surface area contributed by atoms with Gasteiger partial charge in [0.05, 0.1) is 0 Å². The van der Waals surface area contributed by atoms with Crippen molar-refractivity contribution < 1.29 is 0 Å². The number of hydrogen-bond donors (Lipinski definition) is 1. The zero-order chi connectivity index (χ0) is 13.4. The van der Waals surface area contributed by atoms with Gasteiger partial charge in [0.1, 0.15) is 0 Å². The summed E-state index contributed by atoms with van der Waals surface area (Å²) in [5, 5.41) is 3.75. The molecule has 0 radical (unpaired) electrons. The molecule has 0 aliphatic heterocycles. The van der Waals surface area contributed by atoms with Gasteiger partial charge in [-0.1, -0.05) is 33.6 Å². The van der Waals surface area contributed by atoms with Crippen LogP contribution in [0.25, 0.3) is 0 Å². The molecule has 1 fully saturated rings. The standard InChI is InChI=1S/C16H34N2/c1-5-8-9-12-18(4)14-16(6-2,7-3)13-17-15-10-11-15/h15,17H,5-14H2,1-4H3. The largest absolute Gasteiger partial charge is 0.313 e. The molecule has 1 rings (SSSR count). The Morgan fingerprint density at radius 2 is 1.78 bits per heavy atom. The van der Waals surface area contributed by atoms with Crippen LogP contribution in [0.5, 0.6) is 0 Å². The van der Waals surface area contributed by atoms with Gasteiger partial charge in [0.15, 0.2) is 0 Å². The van der Waals surface area contributed by atoms with E-state index in [1.807, 2.05) is 0 Å². The van der Waals surface area contributed by atoms with Crippen LogP contribution in [-0.2, 0) is 0 Å². The van der Waals surface area contributed by atoms with Crippen LogP contribution >= 0.6 is 0 Å². The van der Waals surface area contributed by atoms with Gasteiger partial charge in [-0.15, -0.1) is 0 Å². The second-order valence-electron chi connectivity index (χ2n) is 6.31. The van der Waals surface area contributed by atoms with Crippen molar-refractivity contribution in [1.29, 1.82) is 0 Å². The van der Waals surface area contributed by atoms with Crippen LogP contribution in [0.2, 0.25) is 0 Å². The maximum Gasteiger partial charge on any atom is 0.00684 e. The third-order valence-electron chi connectivity index (χ3n) is 4.59. The first-order valence-electron chi connectivity index (χ1n) is 8.07. The molecule has 0 amide bonds. The number of unbranched alkanes of at least 4 members (excludes halogenated alkanes) is 2. The lowest BCUT2D eigenvalue weighted by Crippen LogP contribution is -2.43. The fourth-order valence-corrected chi connectivity index (χ4v) is 2.71. The van der Waals surface area contributed by atoms with E-state index in [9.17, 15) is 0 Å². The summed E-state index contributed by atoms with van der Waals surface area (Å²) >= 11 is 0. The number of rotatable bonds is 11. The molecule has 0 aromatic carbocycles. The average Bonchev–Trinajstić information content (AvgIpc) is 3.19. The van der Waals surface area contributed by atoms with Gasteiger partial charge in [-0.2, -0.15) is 0 Å². The fraction of sp³-hybridized carbons (Fsp3) is 1.00. The highest BCUT2D eigenvalue weighted by molar-refractivity contribution is 4.88. The van der Waals surface area contributed by atoms with Gasteiger partial charge < -0.3 is 10.2 Å². The first-order valence-corrected chi connectivity index (χ1v) is 8.07. The summed E-state index contributed by atoms with van der Waals surface area (Å²) in [5.74, 6) is 0. The SMILES string of the molecule is CCCCCN(C)CC(CC)(CC)CNC1CC1. The second kappa shape index (κ2) is 8.16. The van der Waals surface area contributed by atoms with Gasteiger partial charge in [-0.25, -0.2) is 0 Å². The van der Waals surface area contributed by atoms with Crippen molar-refractivity contribution in [1.82, 2.24) is 10.2 Å². The number of nitrogens with one attached hydrogen (secondary N) is 1. The molecule has 0 unspecified atom stereocenters. The van der Waals surface area contributed by atoms with Crippen LogP contribution in [0.3, 0.4) is 0 Å². The zero-order valence-corrected chi connectivity index (χ0v) is 13.1. The Labute approximate surface area is 115 Å². The molecule has 0 bridgehead atoms. The summed E-state index contributed by atoms with van der Waals surface area (Å²) in [7, 11) is 2.30. The molecule has 18 heavy (non-hydrogen) atoms. The predicted octanol–water partition coefficient (Wildman–Crippen LogP) is 3.67. The molecule has 0 spiro atoms. The quantitative estimate of drug-likeness (QED) is 0.566. The maximum atomic E-state index is 3.75. The Morgan fingerprint density at radius 3 is 2.28 bits per heavy atom. The van der Waals surface area contributed by atoms with E-state index in [-0.39, 0.29) is 0 Å². The lowest BCUT2D eigenvalue weighted by atomic mass is 9.81. The smallest absolute Gasteiger partial charge is 0.00684 e. The fourth-order valence-electron chi connectivity index (χ4n) is 2.71. The summed E-state index contributed by atoms with van der Waals surface area (Å²) in [6.45, 7) is 10.7. The van der Waals surface area contributed by atoms with Crippen molar-refractivity contribution in [3.05, 3.63) is 0 Å². The minimum Gasteiger partial charge on any atom is -0.313 e. The Balaban J connectivity index is 2.33. The summed E-state index contributed by atoms with van der Waals surface area (Å²) in [6.07, 6.45) is 9.43. The molecule has 0 atom stereocenters. The van der Waals surface area contributed by atoms with Crippen LogP contribution in [0, 0.1) is 5.41 Å². The van der Waals surface area contributed by atoms with Crippen molar-refractivity contribution >= 4 is 0 Å². The summed E-state index contributed by atoms with van der Waals surface area (Å²) in [4.78, 5) is 2.55. The van der Waals surface area contributed by atoms with Crippen molar-refractivity contribution in [2.75, 3.05) is 26.7 Å². The maximum absolute atomic E-state index is 3.75. The molecule has 1 saturated carbocycles. The van der Waals surface area contributed by atoms with Gasteiger partial charge in [0.2, 0.25) is 0 Å². The molecule has 1 N–H and O–H groups in total. The summed E-state index contributed by atoms with van der Waals surface area (Å²) < 4.78 is 0. The van der Waals surface area contributed by atoms with Crippen LogP contribution in [0.1, 0.15) is 65.7 Å². The van der Waals surface area contributed by atoms with Crippen molar-refractivity contribution in [3.8, 4) is 0 Å². The molecule has 1 aliphatic rings. The molecule has 108 valence electrons. The van der Waals surface area contributed by atoms with Gasteiger partial charge in [0, 0.05) is 19.1 Å². The highest BCUT2D eigenvalue weighted by Crippen LogP contribution is 2.29. The van der Waals surface area contributed by atoms with E-state index >= 15 is 0 Å². The molecule has 2 heteroatoms. The van der Waals surface area contributed by atoms with Crippen LogP contribution < -0.4 is 5.32 Å². The molecule has 0 aromatic heterocycles. The number of hydrogen-bond acceptors (Lipinski definition) is 2. The van der Waals surface area contributed by atoms with Gasteiger partial charge in [-0.05, 0) is 51.1 Å². The Bertz CT molecular complexity index is 207. The monoisotopic (exact) mass is 254 g/mol. The molecular weight excluding hydrogens is 220 g/mol. The van der Waals surface area contributed by atoms with E-state index in [4.69, 9.17) is 0 Å². The van der Waals surface area contributed by atoms with E-state index < -0.39 is 0 Å². The minimum atomic E-state index is 0.490. The van der Waals surface area contributed by atoms with Gasteiger partial charge in [0.25, 0.3) is 0 Å². The highest BCUT2D eigenvalue weighted by Gasteiger charge is 2.30. The van der Waals surface area contributed by atoms with Crippen molar-refractivity contribution in [3.63, 3.8) is 0 Å². The van der Waals surface area contributed by atoms with Crippen LogP contribution in [-0.4, -0.2) is 37.6 Å². The molecular formula is C16H34N2. The number of nitrogens with zero attached hydrogens (tertiary/aromatic N) is 1. The average molecular weight is 254 g/mol. The predicted molar refractivity (Wildman–Crippen MR) is 81.1 cm³/mol. The van der Waals surface area contributed by atoms with Crippen LogP contribution in [0.15, 0.2) is 0 Å². The first kappa shape index (κ1) is 16.0. The van der Waals surface area contributed by atoms with Gasteiger partial charge in [-0.3, -0.25) is 0 Å². The molecule has 0 saturated heterocycles. The zero-order valence-electron chi connectivity index (χ0n) is 13.1. The molecule has 1 aliphatic carbocycles. The Kier molecular flexibility index (Phi) is 7.25. The van der Waals surface area contributed by atoms with E-state index in [2.05, 4.69) is 38.0 Å². The van der Waals surface area contributed by atoms with Crippen molar-refractivity contribution in [2.45, 2.75) is 71.8 Å². The third-order valence-corrected chi connectivity index (χ3v) is 4.59. The van der Waals surface area contributed by atoms with E-state index in [1.165, 1.54) is 64.6 Å². The summed E-state index contributed by atoms with van der Waals surface area (Å²) in [6, 6.07) is 0.841. The highest BCUT2D eigenvalue weighted by atomic mass is 15.1. The van der Waals surface area contributed by atoms with Gasteiger partial charge >= 0.3 is 0 Å². The second-order valence-corrected chi connectivity index (χ2v) is 6.31. The van der Waals surface area contributed by atoms with Crippen molar-refractivity contribution in [2.24, 2.45) is 5.41 Å². The minimum absolute atomic E-state index is 0.490. The van der Waals surface area contributed by atoms with E-state index in [0.717, 1.165) is 6.04 Å². The van der Waals surface area contributed by atoms with E-state index in [1.54, 1.807) is 0 Å². The lowest BCUT2D eigenvalue weighted by molar-refractivity contribution is 0.153. The molecule has 0 heterocycles. The van der Waals surface area contributed by atoms with Crippen LogP contribution in [0.4, 0.5) is 0 Å². The molecule has 2 nitrogen and oxygen atoms in total. The lowest BCUT2D eigenvalue weighted by Gasteiger charge is -2.36. The van der Waals surface area contributed by atoms with E-state index in [0.29, 0.717) is 5.41 Å². The normalized spacial score (nSPS) is 16.5. The Morgan fingerprint density at radius 1 is 1.11 bits per heavy atom. The topological polar surface area (TPSA) is 15.3 Å². The third kappa shape index (κ3) is 5.71. The first-order chi connectivity index (χ1) is 8.65. The Hall–Kier alpha value is -0.0800. The summed E-state index contributed by atoms with van der Waals surface area (Å²) in [5.41, 5.74) is 0.490. The molecule has 0 aromatic rings.